The van der Waals surface area contributed by atoms with E-state index in [1.165, 1.54) is 30.3 Å². The summed E-state index contributed by atoms with van der Waals surface area (Å²) in [6.45, 7) is 2.21. The summed E-state index contributed by atoms with van der Waals surface area (Å²) < 4.78 is 55.5. The van der Waals surface area contributed by atoms with Gasteiger partial charge >= 0.3 is 0 Å². The van der Waals surface area contributed by atoms with Gasteiger partial charge < -0.3 is 10.2 Å². The molecule has 166 valence electrons. The molecule has 1 amide bonds. The third kappa shape index (κ3) is 5.20. The second kappa shape index (κ2) is 9.29. The quantitative estimate of drug-likeness (QED) is 0.741. The summed E-state index contributed by atoms with van der Waals surface area (Å²) in [6.07, 6.45) is 0.197. The van der Waals surface area contributed by atoms with Crippen LogP contribution in [0.15, 0.2) is 51.8 Å². The van der Waals surface area contributed by atoms with Crippen molar-refractivity contribution >= 4 is 39.9 Å². The number of rotatable bonds is 4. The third-order valence-corrected chi connectivity index (χ3v) is 6.48. The first kappa shape index (κ1) is 23.1. The molecule has 0 saturated carbocycles. The Labute approximate surface area is 185 Å². The average molecular weight is 471 g/mol. The Bertz CT molecular complexity index is 1100. The molecule has 0 atom stereocenters. The van der Waals surface area contributed by atoms with Gasteiger partial charge in [-0.25, -0.2) is 8.78 Å². The lowest BCUT2D eigenvalue weighted by Crippen LogP contribution is -2.51. The standard InChI is InChI=1S/C20H20F2N4O3S.ClH/c21-15-6-4-14(5-7-15)12-19(27)26-10-8-25(9-11-26)13-18-23-20-16(22)2-1-3-17(20)30(28,29)24-18;/h1-7H,8-13H2,(H,23,24);1H. The van der Waals surface area contributed by atoms with Crippen LogP contribution in [0.25, 0.3) is 0 Å². The predicted octanol–water partition coefficient (Wildman–Crippen LogP) is 2.29. The van der Waals surface area contributed by atoms with Gasteiger partial charge in [0.15, 0.2) is 0 Å². The molecule has 2 aromatic carbocycles. The van der Waals surface area contributed by atoms with Crippen molar-refractivity contribution in [2.24, 2.45) is 4.40 Å². The summed E-state index contributed by atoms with van der Waals surface area (Å²) in [6, 6.07) is 9.67. The molecule has 2 aliphatic heterocycles. The van der Waals surface area contributed by atoms with Crippen LogP contribution in [0.2, 0.25) is 0 Å². The number of carbonyl (C=O) groups excluding carboxylic acids is 1. The van der Waals surface area contributed by atoms with Crippen molar-refractivity contribution in [2.45, 2.75) is 11.3 Å². The summed E-state index contributed by atoms with van der Waals surface area (Å²) in [4.78, 5) is 16.0. The second-order valence-electron chi connectivity index (χ2n) is 7.21. The number of carbonyl (C=O) groups is 1. The molecule has 4 rings (SSSR count). The molecule has 2 heterocycles. The Hall–Kier alpha value is -2.56. The Morgan fingerprint density at radius 2 is 1.71 bits per heavy atom. The Morgan fingerprint density at radius 3 is 2.39 bits per heavy atom. The van der Waals surface area contributed by atoms with Gasteiger partial charge in [-0.2, -0.15) is 8.42 Å². The lowest BCUT2D eigenvalue weighted by molar-refractivity contribution is -0.132. The van der Waals surface area contributed by atoms with E-state index in [1.54, 1.807) is 17.0 Å². The molecule has 0 spiro atoms. The van der Waals surface area contributed by atoms with Crippen molar-refractivity contribution in [1.29, 1.82) is 0 Å². The number of para-hydroxylation sites is 1. The normalized spacial score (nSPS) is 17.7. The van der Waals surface area contributed by atoms with Gasteiger partial charge in [0.25, 0.3) is 10.0 Å². The molecule has 2 aliphatic rings. The van der Waals surface area contributed by atoms with E-state index in [4.69, 9.17) is 0 Å². The van der Waals surface area contributed by atoms with Gasteiger partial charge in [0, 0.05) is 26.2 Å². The first-order valence-electron chi connectivity index (χ1n) is 9.46. The van der Waals surface area contributed by atoms with Crippen LogP contribution in [0.5, 0.6) is 0 Å². The monoisotopic (exact) mass is 470 g/mol. The zero-order valence-corrected chi connectivity index (χ0v) is 18.1. The fraction of sp³-hybridized carbons (Fsp3) is 0.300. The molecule has 11 heteroatoms. The Balaban J connectivity index is 0.00000272. The number of hydrogen-bond donors (Lipinski definition) is 1. The van der Waals surface area contributed by atoms with Crippen LogP contribution in [-0.2, 0) is 21.2 Å². The van der Waals surface area contributed by atoms with Crippen molar-refractivity contribution in [3.8, 4) is 0 Å². The molecule has 1 saturated heterocycles. The number of hydrogen-bond acceptors (Lipinski definition) is 5. The van der Waals surface area contributed by atoms with Gasteiger partial charge in [0.05, 0.1) is 18.7 Å². The maximum absolute atomic E-state index is 14.0. The number of anilines is 1. The highest BCUT2D eigenvalue weighted by Crippen LogP contribution is 2.29. The van der Waals surface area contributed by atoms with Crippen molar-refractivity contribution in [1.82, 2.24) is 9.80 Å². The number of benzene rings is 2. The van der Waals surface area contributed by atoms with E-state index >= 15 is 0 Å². The zero-order valence-electron chi connectivity index (χ0n) is 16.4. The summed E-state index contributed by atoms with van der Waals surface area (Å²) in [5.41, 5.74) is 0.658. The predicted molar refractivity (Wildman–Crippen MR) is 115 cm³/mol. The van der Waals surface area contributed by atoms with Gasteiger partial charge in [0.2, 0.25) is 5.91 Å². The molecule has 1 N–H and O–H groups in total. The number of fused-ring (bicyclic) bond motifs is 1. The van der Waals surface area contributed by atoms with Crippen molar-refractivity contribution in [3.63, 3.8) is 0 Å². The minimum absolute atomic E-state index is 0. The number of halogens is 3. The summed E-state index contributed by atoms with van der Waals surface area (Å²) >= 11 is 0. The summed E-state index contributed by atoms with van der Waals surface area (Å²) in [5, 5.41) is 2.78. The summed E-state index contributed by atoms with van der Waals surface area (Å²) in [7, 11) is -3.96. The first-order valence-corrected chi connectivity index (χ1v) is 10.9. The number of amidine groups is 1. The highest BCUT2D eigenvalue weighted by Gasteiger charge is 2.29. The zero-order chi connectivity index (χ0) is 21.3. The van der Waals surface area contributed by atoms with Crippen LogP contribution in [0.3, 0.4) is 0 Å². The number of amides is 1. The number of nitrogens with one attached hydrogen (secondary N) is 1. The molecule has 0 bridgehead atoms. The smallest absolute Gasteiger partial charge is 0.286 e. The second-order valence-corrected chi connectivity index (χ2v) is 8.78. The van der Waals surface area contributed by atoms with E-state index in [0.717, 1.165) is 5.56 Å². The molecule has 0 aliphatic carbocycles. The van der Waals surface area contributed by atoms with E-state index < -0.39 is 15.8 Å². The van der Waals surface area contributed by atoms with Crippen LogP contribution in [0.1, 0.15) is 5.56 Å². The van der Waals surface area contributed by atoms with Gasteiger partial charge in [0.1, 0.15) is 22.4 Å². The van der Waals surface area contributed by atoms with E-state index in [0.29, 0.717) is 26.2 Å². The van der Waals surface area contributed by atoms with E-state index in [-0.39, 0.29) is 53.5 Å². The highest BCUT2D eigenvalue weighted by molar-refractivity contribution is 7.90. The number of nitrogens with zero attached hydrogens (tertiary/aromatic N) is 3. The molecule has 0 unspecified atom stereocenters. The fourth-order valence-electron chi connectivity index (χ4n) is 3.53. The van der Waals surface area contributed by atoms with Gasteiger partial charge in [-0.05, 0) is 29.8 Å². The Morgan fingerprint density at radius 1 is 1.03 bits per heavy atom. The van der Waals surface area contributed by atoms with E-state index in [9.17, 15) is 22.0 Å². The molecule has 7 nitrogen and oxygen atoms in total. The minimum Gasteiger partial charge on any atom is -0.340 e. The largest absolute Gasteiger partial charge is 0.340 e. The molecule has 0 aromatic heterocycles. The van der Waals surface area contributed by atoms with Gasteiger partial charge in [-0.3, -0.25) is 9.69 Å². The van der Waals surface area contributed by atoms with Crippen LogP contribution >= 0.6 is 12.4 Å². The molecule has 2 aromatic rings. The van der Waals surface area contributed by atoms with Gasteiger partial charge in [-0.15, -0.1) is 16.8 Å². The lowest BCUT2D eigenvalue weighted by atomic mass is 10.1. The van der Waals surface area contributed by atoms with Gasteiger partial charge in [-0.1, -0.05) is 18.2 Å². The van der Waals surface area contributed by atoms with Crippen LogP contribution in [-0.4, -0.2) is 62.7 Å². The van der Waals surface area contributed by atoms with Crippen molar-refractivity contribution < 1.29 is 22.0 Å². The van der Waals surface area contributed by atoms with Crippen LogP contribution in [0, 0.1) is 11.6 Å². The third-order valence-electron chi connectivity index (χ3n) is 5.12. The minimum atomic E-state index is -3.96. The fourth-order valence-corrected chi connectivity index (χ4v) is 4.68. The Kier molecular flexibility index (Phi) is 6.93. The maximum atomic E-state index is 14.0. The molecule has 0 radical (unpaired) electrons. The molecular weight excluding hydrogens is 450 g/mol. The van der Waals surface area contributed by atoms with Crippen LogP contribution in [0.4, 0.5) is 14.5 Å². The van der Waals surface area contributed by atoms with E-state index in [2.05, 4.69) is 9.71 Å². The average Bonchev–Trinajstić information content (AvgIpc) is 2.71. The number of piperazine rings is 1. The highest BCUT2D eigenvalue weighted by atomic mass is 35.5. The lowest BCUT2D eigenvalue weighted by Gasteiger charge is -2.35. The first-order chi connectivity index (χ1) is 14.3. The molecular formula is C20H21ClF2N4O3S. The molecule has 1 fully saturated rings. The topological polar surface area (TPSA) is 82.1 Å². The maximum Gasteiger partial charge on any atom is 0.286 e. The number of sulfonamides is 1. The van der Waals surface area contributed by atoms with Crippen molar-refractivity contribution in [3.05, 3.63) is 59.7 Å². The SMILES string of the molecule is Cl.O=C(Cc1ccc(F)cc1)N1CCN(CC2=NS(=O)(=O)c3cccc(F)c3N2)CC1. The van der Waals surface area contributed by atoms with Crippen molar-refractivity contribution in [2.75, 3.05) is 38.0 Å². The molecule has 31 heavy (non-hydrogen) atoms. The van der Waals surface area contributed by atoms with Crippen LogP contribution < -0.4 is 5.32 Å². The van der Waals surface area contributed by atoms with E-state index in [1.807, 2.05) is 4.90 Å². The summed E-state index contributed by atoms with van der Waals surface area (Å²) in [5.74, 6) is -0.894.